The van der Waals surface area contributed by atoms with Crippen LogP contribution in [-0.2, 0) is 9.47 Å². The fraction of sp³-hybridized carbons (Fsp3) is 1.00. The van der Waals surface area contributed by atoms with Gasteiger partial charge in [0, 0.05) is 20.3 Å². The minimum absolute atomic E-state index is 0.351. The van der Waals surface area contributed by atoms with Gasteiger partial charge in [0.25, 0.3) is 0 Å². The smallest absolute Gasteiger partial charge is 0.193 e. The Morgan fingerprint density at radius 1 is 1.19 bits per heavy atom. The van der Waals surface area contributed by atoms with E-state index >= 15 is 0 Å². The third kappa shape index (κ3) is 2.12. The zero-order valence-electron chi connectivity index (χ0n) is 10.4. The lowest BCUT2D eigenvalue weighted by atomic mass is 9.81. The van der Waals surface area contributed by atoms with E-state index in [-0.39, 0.29) is 5.79 Å². The van der Waals surface area contributed by atoms with Crippen LogP contribution in [0.25, 0.3) is 0 Å². The molecule has 1 aliphatic heterocycles. The van der Waals surface area contributed by atoms with Crippen LogP contribution in [0, 0.1) is 5.92 Å². The van der Waals surface area contributed by atoms with Gasteiger partial charge in [-0.15, -0.1) is 0 Å². The second-order valence-electron chi connectivity index (χ2n) is 5.07. The zero-order chi connectivity index (χ0) is 11.6. The maximum Gasteiger partial charge on any atom is 0.193 e. The quantitative estimate of drug-likeness (QED) is 0.723. The molecular weight excluding hydrogens is 204 g/mol. The Morgan fingerprint density at radius 3 is 2.38 bits per heavy atom. The summed E-state index contributed by atoms with van der Waals surface area (Å²) in [6, 6.07) is 0.650. The Morgan fingerprint density at radius 2 is 1.81 bits per heavy atom. The van der Waals surface area contributed by atoms with Crippen LogP contribution in [-0.4, -0.2) is 50.6 Å². The van der Waals surface area contributed by atoms with Crippen molar-refractivity contribution in [2.24, 2.45) is 11.7 Å². The number of rotatable bonds is 4. The highest BCUT2D eigenvalue weighted by molar-refractivity contribution is 4.96. The van der Waals surface area contributed by atoms with Crippen molar-refractivity contribution in [1.29, 1.82) is 0 Å². The van der Waals surface area contributed by atoms with E-state index in [1.807, 2.05) is 0 Å². The molecule has 0 spiro atoms. The molecule has 0 aromatic rings. The Kier molecular flexibility index (Phi) is 3.85. The monoisotopic (exact) mass is 228 g/mol. The molecule has 1 saturated heterocycles. The number of hydrogen-bond donors (Lipinski definition) is 1. The molecule has 94 valence electrons. The summed E-state index contributed by atoms with van der Waals surface area (Å²) in [6.45, 7) is 2.59. The van der Waals surface area contributed by atoms with Gasteiger partial charge in [-0.25, -0.2) is 0 Å². The molecule has 0 bridgehead atoms. The van der Waals surface area contributed by atoms with Gasteiger partial charge in [-0.2, -0.15) is 0 Å². The van der Waals surface area contributed by atoms with Crippen molar-refractivity contribution in [1.82, 2.24) is 4.90 Å². The average molecular weight is 228 g/mol. The van der Waals surface area contributed by atoms with Gasteiger partial charge in [-0.1, -0.05) is 12.8 Å². The normalized spacial score (nSPS) is 34.7. The van der Waals surface area contributed by atoms with Crippen LogP contribution < -0.4 is 5.73 Å². The van der Waals surface area contributed by atoms with Gasteiger partial charge in [0.2, 0.25) is 0 Å². The van der Waals surface area contributed by atoms with Crippen molar-refractivity contribution in [2.45, 2.75) is 37.5 Å². The maximum absolute atomic E-state index is 5.85. The summed E-state index contributed by atoms with van der Waals surface area (Å²) in [7, 11) is 3.45. The van der Waals surface area contributed by atoms with E-state index < -0.39 is 0 Å². The van der Waals surface area contributed by atoms with Crippen LogP contribution >= 0.6 is 0 Å². The van der Waals surface area contributed by atoms with Crippen LogP contribution in [0.4, 0.5) is 0 Å². The van der Waals surface area contributed by atoms with Gasteiger partial charge >= 0.3 is 0 Å². The predicted octanol–water partition coefficient (Wildman–Crippen LogP) is 0.809. The van der Waals surface area contributed by atoms with Crippen molar-refractivity contribution in [3.05, 3.63) is 0 Å². The number of likely N-dealkylation sites (tertiary alicyclic amines) is 1. The number of methoxy groups -OCH3 is 2. The Hall–Kier alpha value is -0.160. The van der Waals surface area contributed by atoms with E-state index in [1.165, 1.54) is 25.7 Å². The molecule has 2 fully saturated rings. The summed E-state index contributed by atoms with van der Waals surface area (Å²) in [6.07, 6.45) is 5.24. The standard InChI is InChI=1S/C12H24N2O2/c1-15-12(16-2)8-14(9-12)11-6-4-3-5-10(11)7-13/h10-11H,3-9,13H2,1-2H3. The van der Waals surface area contributed by atoms with E-state index in [4.69, 9.17) is 15.2 Å². The first-order chi connectivity index (χ1) is 7.74. The summed E-state index contributed by atoms with van der Waals surface area (Å²) in [5, 5.41) is 0. The summed E-state index contributed by atoms with van der Waals surface area (Å²) in [5.74, 6) is 0.316. The van der Waals surface area contributed by atoms with E-state index in [0.717, 1.165) is 19.6 Å². The summed E-state index contributed by atoms with van der Waals surface area (Å²) >= 11 is 0. The second-order valence-corrected chi connectivity index (χ2v) is 5.07. The molecule has 4 nitrogen and oxygen atoms in total. The number of nitrogens with zero attached hydrogens (tertiary/aromatic N) is 1. The van der Waals surface area contributed by atoms with Crippen LogP contribution in [0.1, 0.15) is 25.7 Å². The molecule has 2 N–H and O–H groups in total. The Balaban J connectivity index is 1.89. The van der Waals surface area contributed by atoms with Crippen LogP contribution in [0.3, 0.4) is 0 Å². The molecule has 4 heteroatoms. The summed E-state index contributed by atoms with van der Waals surface area (Å²) in [5.41, 5.74) is 5.85. The fourth-order valence-electron chi connectivity index (χ4n) is 3.09. The fourth-order valence-corrected chi connectivity index (χ4v) is 3.09. The molecule has 0 radical (unpaired) electrons. The molecule has 1 aliphatic carbocycles. The highest BCUT2D eigenvalue weighted by Crippen LogP contribution is 2.35. The molecule has 0 amide bonds. The number of hydrogen-bond acceptors (Lipinski definition) is 4. The highest BCUT2D eigenvalue weighted by Gasteiger charge is 2.48. The molecule has 2 rings (SSSR count). The van der Waals surface area contributed by atoms with E-state index in [9.17, 15) is 0 Å². The molecule has 0 aromatic carbocycles. The minimum atomic E-state index is -0.351. The predicted molar refractivity (Wildman–Crippen MR) is 63.1 cm³/mol. The van der Waals surface area contributed by atoms with Gasteiger partial charge < -0.3 is 15.2 Å². The molecule has 2 atom stereocenters. The average Bonchev–Trinajstić information content (AvgIpc) is 2.29. The molecule has 1 saturated carbocycles. The number of ether oxygens (including phenoxy) is 2. The minimum Gasteiger partial charge on any atom is -0.351 e. The molecule has 1 heterocycles. The molecule has 0 aromatic heterocycles. The second kappa shape index (κ2) is 5.00. The first-order valence-electron chi connectivity index (χ1n) is 6.29. The highest BCUT2D eigenvalue weighted by atomic mass is 16.7. The topological polar surface area (TPSA) is 47.7 Å². The molecule has 2 aliphatic rings. The van der Waals surface area contributed by atoms with Gasteiger partial charge in [0.1, 0.15) is 0 Å². The largest absolute Gasteiger partial charge is 0.351 e. The van der Waals surface area contributed by atoms with E-state index in [0.29, 0.717) is 12.0 Å². The van der Waals surface area contributed by atoms with Crippen LogP contribution in [0.15, 0.2) is 0 Å². The Bertz CT molecular complexity index is 223. The lowest BCUT2D eigenvalue weighted by Gasteiger charge is -2.53. The SMILES string of the molecule is COC1(OC)CN(C2CCCCC2CN)C1. The zero-order valence-corrected chi connectivity index (χ0v) is 10.4. The first-order valence-corrected chi connectivity index (χ1v) is 6.29. The first kappa shape index (κ1) is 12.3. The van der Waals surface area contributed by atoms with Crippen LogP contribution in [0.2, 0.25) is 0 Å². The van der Waals surface area contributed by atoms with Crippen molar-refractivity contribution >= 4 is 0 Å². The van der Waals surface area contributed by atoms with Crippen molar-refractivity contribution < 1.29 is 9.47 Å². The van der Waals surface area contributed by atoms with E-state index in [1.54, 1.807) is 14.2 Å². The van der Waals surface area contributed by atoms with Crippen molar-refractivity contribution in [3.63, 3.8) is 0 Å². The van der Waals surface area contributed by atoms with Gasteiger partial charge in [0.15, 0.2) is 5.79 Å². The third-order valence-electron chi connectivity index (χ3n) is 4.27. The molecule has 16 heavy (non-hydrogen) atoms. The number of nitrogens with two attached hydrogens (primary N) is 1. The van der Waals surface area contributed by atoms with Gasteiger partial charge in [-0.3, -0.25) is 4.90 Å². The lowest BCUT2D eigenvalue weighted by Crippen LogP contribution is -2.68. The third-order valence-corrected chi connectivity index (χ3v) is 4.27. The molecule has 2 unspecified atom stereocenters. The van der Waals surface area contributed by atoms with Crippen LogP contribution in [0.5, 0.6) is 0 Å². The van der Waals surface area contributed by atoms with E-state index in [2.05, 4.69) is 4.90 Å². The summed E-state index contributed by atoms with van der Waals surface area (Å²) in [4.78, 5) is 2.48. The van der Waals surface area contributed by atoms with Gasteiger partial charge in [-0.05, 0) is 25.3 Å². The Labute approximate surface area is 98.1 Å². The van der Waals surface area contributed by atoms with Crippen molar-refractivity contribution in [3.8, 4) is 0 Å². The summed E-state index contributed by atoms with van der Waals surface area (Å²) < 4.78 is 10.8. The van der Waals surface area contributed by atoms with Crippen molar-refractivity contribution in [2.75, 3.05) is 33.9 Å². The maximum atomic E-state index is 5.85. The van der Waals surface area contributed by atoms with Gasteiger partial charge in [0.05, 0.1) is 13.1 Å². The lowest BCUT2D eigenvalue weighted by molar-refractivity contribution is -0.285. The molecular formula is C12H24N2O2.